The number of nitrogens with two attached hydrogens (primary N) is 1. The van der Waals surface area contributed by atoms with Gasteiger partial charge in [0, 0.05) is 46.2 Å². The summed E-state index contributed by atoms with van der Waals surface area (Å²) in [6, 6.07) is 30.2. The number of carbonyl (C=O) groups is 4. The molecular formula is C53H56Cl2N8O12S. The Bertz CT molecular complexity index is 3030. The highest BCUT2D eigenvalue weighted by atomic mass is 35.5. The molecule has 0 atom stereocenters. The number of benzene rings is 6. The van der Waals surface area contributed by atoms with Gasteiger partial charge in [0.15, 0.2) is 5.11 Å². The van der Waals surface area contributed by atoms with Crippen molar-refractivity contribution >= 4 is 92.9 Å². The van der Waals surface area contributed by atoms with Crippen LogP contribution in [0, 0.1) is 11.3 Å². The van der Waals surface area contributed by atoms with Gasteiger partial charge in [-0.3, -0.25) is 29.8 Å². The number of hydrogen-bond acceptors (Lipinski definition) is 15. The molecule has 20 nitrogen and oxygen atoms in total. The summed E-state index contributed by atoms with van der Waals surface area (Å²) in [4.78, 5) is 55.1. The highest BCUT2D eigenvalue weighted by Crippen LogP contribution is 2.29. The number of nitriles is 1. The van der Waals surface area contributed by atoms with E-state index in [1.165, 1.54) is 75.7 Å². The summed E-state index contributed by atoms with van der Waals surface area (Å²) in [6.45, 7) is -0.0767. The Morgan fingerprint density at radius 3 is 1.39 bits per heavy atom. The SMILES string of the molecule is C.CC#N.COc1ccc(NC(=O)c2cc(N=C(N)NC(=O)c3cc(CO)c(CO)c(OC)c3)ccc2Cl)cc1.COc1ccc(NC(=O)c2cc(NC(=S)NC(=O)c3cc(CO)c(CO)c(OC)c3)ccc2Cl)cc1. The van der Waals surface area contributed by atoms with Crippen LogP contribution in [-0.4, -0.2) is 83.6 Å². The molecule has 0 aliphatic rings. The first-order valence-electron chi connectivity index (χ1n) is 21.9. The number of methoxy groups -OCH3 is 4. The molecule has 4 amide bonds. The minimum Gasteiger partial charge on any atom is -0.497 e. The molecule has 0 unspecified atom stereocenters. The summed E-state index contributed by atoms with van der Waals surface area (Å²) < 4.78 is 20.6. The number of anilines is 3. The summed E-state index contributed by atoms with van der Waals surface area (Å²) in [5.41, 5.74) is 9.84. The summed E-state index contributed by atoms with van der Waals surface area (Å²) in [5, 5.41) is 59.2. The number of hydrogen-bond donors (Lipinski definition) is 10. The van der Waals surface area contributed by atoms with E-state index in [1.807, 2.05) is 0 Å². The average molecular weight is 1100 g/mol. The Hall–Kier alpha value is -8.33. The van der Waals surface area contributed by atoms with E-state index in [4.69, 9.17) is 65.4 Å². The first-order chi connectivity index (χ1) is 36.0. The number of rotatable bonds is 16. The Morgan fingerprint density at radius 2 is 0.987 bits per heavy atom. The van der Waals surface area contributed by atoms with E-state index < -0.39 is 30.2 Å². The number of halogens is 2. The minimum absolute atomic E-state index is 0. The maximum Gasteiger partial charge on any atom is 0.258 e. The van der Waals surface area contributed by atoms with Gasteiger partial charge in [0.1, 0.15) is 23.0 Å². The fraction of sp³-hybridized carbons (Fsp3) is 0.189. The highest BCUT2D eigenvalue weighted by molar-refractivity contribution is 7.80. The Balaban J connectivity index is 0.000000376. The molecule has 6 aromatic carbocycles. The van der Waals surface area contributed by atoms with Crippen molar-refractivity contribution in [2.45, 2.75) is 40.8 Å². The molecule has 0 fully saturated rings. The number of nitrogens with one attached hydrogen (secondary N) is 5. The fourth-order valence-electron chi connectivity index (χ4n) is 6.65. The molecule has 0 saturated heterocycles. The van der Waals surface area contributed by atoms with Crippen LogP contribution < -0.4 is 51.3 Å². The lowest BCUT2D eigenvalue weighted by atomic mass is 10.0. The van der Waals surface area contributed by atoms with Crippen molar-refractivity contribution in [3.63, 3.8) is 0 Å². The van der Waals surface area contributed by atoms with Gasteiger partial charge in [-0.25, -0.2) is 4.99 Å². The molecule has 6 aromatic rings. The van der Waals surface area contributed by atoms with Crippen molar-refractivity contribution in [3.05, 3.63) is 164 Å². The number of aliphatic imine (C=N–C) groups is 1. The maximum absolute atomic E-state index is 12.8. The quantitative estimate of drug-likeness (QED) is 0.0251. The summed E-state index contributed by atoms with van der Waals surface area (Å²) in [6.07, 6.45) is 0. The van der Waals surface area contributed by atoms with Crippen LogP contribution in [0.3, 0.4) is 0 Å². The van der Waals surface area contributed by atoms with E-state index in [1.54, 1.807) is 74.9 Å². The molecule has 0 bridgehead atoms. The van der Waals surface area contributed by atoms with Crippen LogP contribution in [0.25, 0.3) is 0 Å². The summed E-state index contributed by atoms with van der Waals surface area (Å²) in [7, 11) is 5.88. The number of aliphatic hydroxyl groups is 4. The van der Waals surface area contributed by atoms with Crippen LogP contribution in [0.2, 0.25) is 10.0 Å². The first kappa shape index (κ1) is 62.0. The molecule has 6 rings (SSSR count). The summed E-state index contributed by atoms with van der Waals surface area (Å²) in [5.74, 6) is -0.489. The molecule has 11 N–H and O–H groups in total. The van der Waals surface area contributed by atoms with Gasteiger partial charge in [0.25, 0.3) is 23.6 Å². The van der Waals surface area contributed by atoms with Crippen LogP contribution in [0.4, 0.5) is 22.7 Å². The molecule has 0 aliphatic carbocycles. The lowest BCUT2D eigenvalue weighted by Gasteiger charge is -2.15. The summed E-state index contributed by atoms with van der Waals surface area (Å²) >= 11 is 17.7. The predicted molar refractivity (Wildman–Crippen MR) is 295 cm³/mol. The van der Waals surface area contributed by atoms with Crippen LogP contribution in [0.5, 0.6) is 23.0 Å². The van der Waals surface area contributed by atoms with Crippen molar-refractivity contribution in [2.24, 2.45) is 10.7 Å². The van der Waals surface area contributed by atoms with Gasteiger partial charge in [-0.1, -0.05) is 30.6 Å². The maximum atomic E-state index is 12.8. The second kappa shape index (κ2) is 30.8. The smallest absolute Gasteiger partial charge is 0.258 e. The number of guanidine groups is 1. The van der Waals surface area contributed by atoms with Crippen molar-refractivity contribution in [1.82, 2.24) is 10.6 Å². The molecule has 0 heterocycles. The number of aliphatic hydroxyl groups excluding tert-OH is 4. The Morgan fingerprint density at radius 1 is 0.579 bits per heavy atom. The van der Waals surface area contributed by atoms with Gasteiger partial charge in [-0.05, 0) is 133 Å². The van der Waals surface area contributed by atoms with E-state index in [9.17, 15) is 39.6 Å². The van der Waals surface area contributed by atoms with E-state index in [0.29, 0.717) is 50.8 Å². The first-order valence-corrected chi connectivity index (χ1v) is 23.1. The topological polar surface area (TPSA) is 308 Å². The lowest BCUT2D eigenvalue weighted by Crippen LogP contribution is -2.36. The van der Waals surface area contributed by atoms with Crippen molar-refractivity contribution in [3.8, 4) is 29.1 Å². The Kier molecular flexibility index (Phi) is 25.1. The van der Waals surface area contributed by atoms with E-state index >= 15 is 0 Å². The number of nitrogens with zero attached hydrogens (tertiary/aromatic N) is 2. The number of thiocarbonyl (C=S) groups is 1. The van der Waals surface area contributed by atoms with Crippen LogP contribution in [-0.2, 0) is 26.4 Å². The zero-order valence-electron chi connectivity index (χ0n) is 40.9. The lowest BCUT2D eigenvalue weighted by molar-refractivity contribution is 0.0968. The molecule has 0 spiro atoms. The van der Waals surface area contributed by atoms with Crippen LogP contribution in [0.15, 0.2) is 114 Å². The molecule has 0 saturated carbocycles. The molecule has 400 valence electrons. The van der Waals surface area contributed by atoms with Gasteiger partial charge in [0.05, 0.1) is 87.8 Å². The molecule has 0 aliphatic heterocycles. The predicted octanol–water partition coefficient (Wildman–Crippen LogP) is 7.86. The normalized spacial score (nSPS) is 10.3. The number of amides is 4. The molecule has 0 radical (unpaired) electrons. The van der Waals surface area contributed by atoms with Crippen molar-refractivity contribution < 1.29 is 58.6 Å². The van der Waals surface area contributed by atoms with Gasteiger partial charge < -0.3 is 61.1 Å². The van der Waals surface area contributed by atoms with Crippen LogP contribution >= 0.6 is 35.4 Å². The molecule has 23 heteroatoms. The molecule has 76 heavy (non-hydrogen) atoms. The zero-order valence-corrected chi connectivity index (χ0v) is 43.2. The number of ether oxygens (including phenoxy) is 4. The number of carbonyl (C=O) groups excluding carboxylic acids is 4. The van der Waals surface area contributed by atoms with E-state index in [2.05, 4.69) is 31.6 Å². The van der Waals surface area contributed by atoms with Gasteiger partial charge in [-0.2, -0.15) is 5.26 Å². The third kappa shape index (κ3) is 17.4. The average Bonchev–Trinajstić information content (AvgIpc) is 3.41. The fourth-order valence-corrected chi connectivity index (χ4v) is 7.26. The minimum atomic E-state index is -0.611. The van der Waals surface area contributed by atoms with Gasteiger partial charge in [0.2, 0.25) is 5.96 Å². The van der Waals surface area contributed by atoms with Crippen molar-refractivity contribution in [2.75, 3.05) is 44.4 Å². The standard InChI is InChI=1S/C25H25ClN4O6.C25H24ClN3O6S.C2H3N.CH4/c1-35-18-6-3-16(4-7-18)28-24(34)19-11-17(5-8-21(19)26)29-25(27)30-23(33)14-9-15(12-31)20(13-32)22(10-14)36-2;1-34-18-6-3-16(4-7-18)27-24(33)19-11-17(5-8-21(19)26)28-25(36)29-23(32)14-9-15(12-30)20(13-31)22(10-14)35-2;1-2-3;/h3-11,31-32H,12-13H2,1-2H3,(H,28,34)(H3,27,29,30,33);3-11,30-31H,12-13H2,1-2H3,(H,27,33)(H2,28,29,32,36);1H3;1H4. The second-order valence-electron chi connectivity index (χ2n) is 15.1. The second-order valence-corrected chi connectivity index (χ2v) is 16.3. The highest BCUT2D eigenvalue weighted by Gasteiger charge is 2.19. The molecular weight excluding hydrogens is 1040 g/mol. The third-order valence-corrected chi connectivity index (χ3v) is 11.2. The molecule has 0 aromatic heterocycles. The monoisotopic (exact) mass is 1100 g/mol. The van der Waals surface area contributed by atoms with Gasteiger partial charge in [-0.15, -0.1) is 0 Å². The zero-order chi connectivity index (χ0) is 55.2. The van der Waals surface area contributed by atoms with Crippen LogP contribution in [0.1, 0.15) is 78.0 Å². The van der Waals surface area contributed by atoms with Gasteiger partial charge >= 0.3 is 0 Å². The van der Waals surface area contributed by atoms with E-state index in [0.717, 1.165) is 0 Å². The largest absolute Gasteiger partial charge is 0.497 e. The Labute approximate surface area is 454 Å². The van der Waals surface area contributed by atoms with E-state index in [-0.39, 0.29) is 87.8 Å². The third-order valence-electron chi connectivity index (χ3n) is 10.3. The van der Waals surface area contributed by atoms with Crippen molar-refractivity contribution in [1.29, 1.82) is 5.26 Å².